The zero-order valence-corrected chi connectivity index (χ0v) is 8.60. The SMILES string of the molecule is CCc1cnc(NC2CC=CC2)s1. The van der Waals surface area contributed by atoms with E-state index in [0.717, 1.165) is 24.4 Å². The van der Waals surface area contributed by atoms with E-state index in [9.17, 15) is 0 Å². The van der Waals surface area contributed by atoms with Crippen molar-refractivity contribution < 1.29 is 0 Å². The molecule has 0 amide bonds. The first-order chi connectivity index (χ1) is 6.38. The average molecular weight is 194 g/mol. The molecule has 1 aliphatic carbocycles. The Hall–Kier alpha value is -0.830. The van der Waals surface area contributed by atoms with Crippen molar-refractivity contribution in [3.05, 3.63) is 23.2 Å². The van der Waals surface area contributed by atoms with Gasteiger partial charge >= 0.3 is 0 Å². The third-order valence-corrected chi connectivity index (χ3v) is 3.31. The maximum absolute atomic E-state index is 4.33. The third-order valence-electron chi connectivity index (χ3n) is 2.24. The Morgan fingerprint density at radius 1 is 1.54 bits per heavy atom. The van der Waals surface area contributed by atoms with Crippen LogP contribution >= 0.6 is 11.3 Å². The summed E-state index contributed by atoms with van der Waals surface area (Å²) in [5.74, 6) is 0. The molecular formula is C10H14N2S. The highest BCUT2D eigenvalue weighted by atomic mass is 32.1. The fourth-order valence-corrected chi connectivity index (χ4v) is 2.28. The van der Waals surface area contributed by atoms with Gasteiger partial charge in [0.15, 0.2) is 5.13 Å². The van der Waals surface area contributed by atoms with Crippen LogP contribution in [-0.4, -0.2) is 11.0 Å². The summed E-state index contributed by atoms with van der Waals surface area (Å²) >= 11 is 1.77. The molecule has 0 aliphatic heterocycles. The van der Waals surface area contributed by atoms with Gasteiger partial charge in [-0.3, -0.25) is 0 Å². The van der Waals surface area contributed by atoms with Gasteiger partial charge in [-0.1, -0.05) is 19.1 Å². The summed E-state index contributed by atoms with van der Waals surface area (Å²) in [4.78, 5) is 5.69. The van der Waals surface area contributed by atoms with Gasteiger partial charge in [0.2, 0.25) is 0 Å². The number of hydrogen-bond donors (Lipinski definition) is 1. The first-order valence-electron chi connectivity index (χ1n) is 4.74. The van der Waals surface area contributed by atoms with Gasteiger partial charge in [0.1, 0.15) is 0 Å². The molecule has 0 saturated carbocycles. The van der Waals surface area contributed by atoms with E-state index in [1.807, 2.05) is 6.20 Å². The highest BCUT2D eigenvalue weighted by Gasteiger charge is 2.11. The van der Waals surface area contributed by atoms with Crippen molar-refractivity contribution in [2.75, 3.05) is 5.32 Å². The minimum Gasteiger partial charge on any atom is -0.358 e. The second-order valence-corrected chi connectivity index (χ2v) is 4.38. The number of nitrogens with one attached hydrogen (secondary N) is 1. The molecule has 1 aromatic heterocycles. The predicted molar refractivity (Wildman–Crippen MR) is 57.3 cm³/mol. The Bertz CT molecular complexity index is 296. The highest BCUT2D eigenvalue weighted by molar-refractivity contribution is 7.15. The van der Waals surface area contributed by atoms with E-state index < -0.39 is 0 Å². The lowest BCUT2D eigenvalue weighted by molar-refractivity contribution is 0.785. The van der Waals surface area contributed by atoms with Crippen LogP contribution < -0.4 is 5.32 Å². The van der Waals surface area contributed by atoms with Gasteiger partial charge in [-0.25, -0.2) is 4.98 Å². The molecule has 0 aromatic carbocycles. The fraction of sp³-hybridized carbons (Fsp3) is 0.500. The largest absolute Gasteiger partial charge is 0.358 e. The second-order valence-electron chi connectivity index (χ2n) is 3.27. The van der Waals surface area contributed by atoms with Crippen LogP contribution in [0.5, 0.6) is 0 Å². The van der Waals surface area contributed by atoms with Crippen molar-refractivity contribution in [1.82, 2.24) is 4.98 Å². The number of hydrogen-bond acceptors (Lipinski definition) is 3. The summed E-state index contributed by atoms with van der Waals surface area (Å²) in [5.41, 5.74) is 0. The molecule has 1 aromatic rings. The summed E-state index contributed by atoms with van der Waals surface area (Å²) in [6.45, 7) is 2.16. The molecule has 0 saturated heterocycles. The molecule has 0 fully saturated rings. The zero-order valence-electron chi connectivity index (χ0n) is 7.79. The van der Waals surface area contributed by atoms with E-state index in [1.54, 1.807) is 11.3 Å². The van der Waals surface area contributed by atoms with Gasteiger partial charge in [-0.05, 0) is 19.3 Å². The van der Waals surface area contributed by atoms with E-state index in [2.05, 4.69) is 29.4 Å². The molecule has 3 heteroatoms. The van der Waals surface area contributed by atoms with Crippen LogP contribution in [0.25, 0.3) is 0 Å². The van der Waals surface area contributed by atoms with E-state index in [0.29, 0.717) is 6.04 Å². The molecule has 1 heterocycles. The van der Waals surface area contributed by atoms with E-state index in [-0.39, 0.29) is 0 Å². The van der Waals surface area contributed by atoms with Gasteiger partial charge < -0.3 is 5.32 Å². The van der Waals surface area contributed by atoms with Crippen molar-refractivity contribution in [1.29, 1.82) is 0 Å². The Kier molecular flexibility index (Phi) is 2.64. The molecule has 13 heavy (non-hydrogen) atoms. The molecule has 0 spiro atoms. The molecular weight excluding hydrogens is 180 g/mol. The first-order valence-corrected chi connectivity index (χ1v) is 5.56. The highest BCUT2D eigenvalue weighted by Crippen LogP contribution is 2.22. The predicted octanol–water partition coefficient (Wildman–Crippen LogP) is 2.84. The monoisotopic (exact) mass is 194 g/mol. The van der Waals surface area contributed by atoms with Gasteiger partial charge in [0, 0.05) is 17.1 Å². The molecule has 2 rings (SSSR count). The third kappa shape index (κ3) is 2.10. The Labute approximate surface area is 82.7 Å². The van der Waals surface area contributed by atoms with Gasteiger partial charge in [0.25, 0.3) is 0 Å². The van der Waals surface area contributed by atoms with Crippen molar-refractivity contribution in [3.63, 3.8) is 0 Å². The first kappa shape index (κ1) is 8.75. The Balaban J connectivity index is 1.93. The molecule has 2 nitrogen and oxygen atoms in total. The van der Waals surface area contributed by atoms with Crippen molar-refractivity contribution in [2.24, 2.45) is 0 Å². The smallest absolute Gasteiger partial charge is 0.183 e. The molecule has 0 atom stereocenters. The van der Waals surface area contributed by atoms with Crippen LogP contribution in [-0.2, 0) is 6.42 Å². The number of aromatic nitrogens is 1. The quantitative estimate of drug-likeness (QED) is 0.748. The van der Waals surface area contributed by atoms with Crippen LogP contribution in [0.3, 0.4) is 0 Å². The summed E-state index contributed by atoms with van der Waals surface area (Å²) in [6.07, 6.45) is 9.79. The molecule has 1 aliphatic rings. The van der Waals surface area contributed by atoms with Crippen LogP contribution in [0.4, 0.5) is 5.13 Å². The number of anilines is 1. The van der Waals surface area contributed by atoms with Gasteiger partial charge in [-0.15, -0.1) is 11.3 Å². The van der Waals surface area contributed by atoms with Crippen molar-refractivity contribution in [2.45, 2.75) is 32.2 Å². The summed E-state index contributed by atoms with van der Waals surface area (Å²) in [6, 6.07) is 0.579. The molecule has 70 valence electrons. The van der Waals surface area contributed by atoms with Crippen LogP contribution in [0.15, 0.2) is 18.3 Å². The molecule has 0 unspecified atom stereocenters. The lowest BCUT2D eigenvalue weighted by Crippen LogP contribution is -2.14. The lowest BCUT2D eigenvalue weighted by atomic mass is 10.2. The number of nitrogens with zero attached hydrogens (tertiary/aromatic N) is 1. The lowest BCUT2D eigenvalue weighted by Gasteiger charge is -2.09. The fourth-order valence-electron chi connectivity index (χ4n) is 1.45. The normalized spacial score (nSPS) is 16.7. The topological polar surface area (TPSA) is 24.9 Å². The summed E-state index contributed by atoms with van der Waals surface area (Å²) in [7, 11) is 0. The Morgan fingerprint density at radius 2 is 2.31 bits per heavy atom. The molecule has 1 N–H and O–H groups in total. The van der Waals surface area contributed by atoms with E-state index >= 15 is 0 Å². The Morgan fingerprint density at radius 3 is 2.92 bits per heavy atom. The van der Waals surface area contributed by atoms with Crippen molar-refractivity contribution in [3.8, 4) is 0 Å². The number of rotatable bonds is 3. The maximum Gasteiger partial charge on any atom is 0.183 e. The molecule has 0 bridgehead atoms. The standard InChI is InChI=1S/C10H14N2S/c1-2-9-7-11-10(13-9)12-8-5-3-4-6-8/h3-4,7-8H,2,5-6H2,1H3,(H,11,12). The minimum atomic E-state index is 0.579. The van der Waals surface area contributed by atoms with E-state index in [4.69, 9.17) is 0 Å². The van der Waals surface area contributed by atoms with Crippen LogP contribution in [0.2, 0.25) is 0 Å². The minimum absolute atomic E-state index is 0.579. The van der Waals surface area contributed by atoms with Gasteiger partial charge in [0.05, 0.1) is 0 Å². The number of aryl methyl sites for hydroxylation is 1. The number of thiazole rings is 1. The van der Waals surface area contributed by atoms with Crippen molar-refractivity contribution >= 4 is 16.5 Å². The second kappa shape index (κ2) is 3.92. The zero-order chi connectivity index (χ0) is 9.10. The van der Waals surface area contributed by atoms with Crippen LogP contribution in [0.1, 0.15) is 24.6 Å². The van der Waals surface area contributed by atoms with Crippen LogP contribution in [0, 0.1) is 0 Å². The van der Waals surface area contributed by atoms with E-state index in [1.165, 1.54) is 4.88 Å². The van der Waals surface area contributed by atoms with Gasteiger partial charge in [-0.2, -0.15) is 0 Å². The maximum atomic E-state index is 4.33. The average Bonchev–Trinajstić information content (AvgIpc) is 2.76. The summed E-state index contributed by atoms with van der Waals surface area (Å²) in [5, 5.41) is 4.52. The summed E-state index contributed by atoms with van der Waals surface area (Å²) < 4.78 is 0. The molecule has 0 radical (unpaired) electrons.